The van der Waals surface area contributed by atoms with E-state index in [2.05, 4.69) is 10.4 Å². The van der Waals surface area contributed by atoms with Crippen molar-refractivity contribution in [3.8, 4) is 0 Å². The van der Waals surface area contributed by atoms with Gasteiger partial charge in [0, 0.05) is 18.7 Å². The number of halogens is 3. The van der Waals surface area contributed by atoms with Crippen LogP contribution in [0.25, 0.3) is 0 Å². The summed E-state index contributed by atoms with van der Waals surface area (Å²) in [5.74, 6) is -0.219. The van der Waals surface area contributed by atoms with Gasteiger partial charge in [-0.3, -0.25) is 0 Å². The van der Waals surface area contributed by atoms with Gasteiger partial charge in [0.1, 0.15) is 0 Å². The molecule has 1 atom stereocenters. The summed E-state index contributed by atoms with van der Waals surface area (Å²) in [7, 11) is 0. The van der Waals surface area contributed by atoms with Crippen molar-refractivity contribution in [1.82, 2.24) is 10.3 Å². The summed E-state index contributed by atoms with van der Waals surface area (Å²) in [5.41, 5.74) is -0.952. The highest BCUT2D eigenvalue weighted by molar-refractivity contribution is 7.80. The van der Waals surface area contributed by atoms with Crippen LogP contribution in [0, 0.1) is 12.8 Å². The number of aliphatic hydroxyl groups is 1. The van der Waals surface area contributed by atoms with E-state index in [1.165, 1.54) is 0 Å². The first-order chi connectivity index (χ1) is 11.1. The van der Waals surface area contributed by atoms with Crippen LogP contribution in [-0.4, -0.2) is 32.8 Å². The summed E-state index contributed by atoms with van der Waals surface area (Å²) in [6, 6.07) is 7.47. The molecule has 1 aliphatic heterocycles. The zero-order chi connectivity index (χ0) is 18.1. The Morgan fingerprint density at radius 2 is 2.04 bits per heavy atom. The molecule has 0 spiro atoms. The number of benzene rings is 1. The lowest BCUT2D eigenvalue weighted by Gasteiger charge is -2.34. The van der Waals surface area contributed by atoms with Crippen LogP contribution in [-0.2, 0) is 6.54 Å². The van der Waals surface area contributed by atoms with Crippen molar-refractivity contribution in [2.45, 2.75) is 45.6 Å². The first-order valence-electron chi connectivity index (χ1n) is 7.55. The molecule has 0 fully saturated rings. The number of nitrogens with one attached hydrogen (secondary N) is 1. The van der Waals surface area contributed by atoms with Crippen molar-refractivity contribution >= 4 is 23.0 Å². The summed E-state index contributed by atoms with van der Waals surface area (Å²) < 4.78 is 40.1. The highest BCUT2D eigenvalue weighted by Gasteiger charge is 2.62. The molecule has 0 saturated heterocycles. The zero-order valence-corrected chi connectivity index (χ0v) is 14.5. The number of hydrogen-bond donors (Lipinski definition) is 2. The molecule has 0 bridgehead atoms. The lowest BCUT2D eigenvalue weighted by Crippen LogP contribution is -2.58. The van der Waals surface area contributed by atoms with Gasteiger partial charge in [0.15, 0.2) is 5.11 Å². The van der Waals surface area contributed by atoms with Crippen molar-refractivity contribution in [1.29, 1.82) is 0 Å². The Balaban J connectivity index is 2.20. The van der Waals surface area contributed by atoms with Crippen LogP contribution in [0.2, 0.25) is 0 Å². The van der Waals surface area contributed by atoms with Gasteiger partial charge in [0.05, 0.1) is 0 Å². The van der Waals surface area contributed by atoms with Crippen molar-refractivity contribution in [2.24, 2.45) is 11.0 Å². The van der Waals surface area contributed by atoms with Crippen LogP contribution in [0.3, 0.4) is 0 Å². The van der Waals surface area contributed by atoms with Gasteiger partial charge in [-0.15, -0.1) is 0 Å². The largest absolute Gasteiger partial charge is 0.438 e. The first-order valence-corrected chi connectivity index (χ1v) is 7.96. The minimum Gasteiger partial charge on any atom is -0.362 e. The fourth-order valence-corrected chi connectivity index (χ4v) is 2.65. The molecule has 2 N–H and O–H groups in total. The number of aryl methyl sites for hydroxylation is 1. The molecule has 8 heteroatoms. The maximum atomic E-state index is 13.4. The quantitative estimate of drug-likeness (QED) is 0.813. The van der Waals surface area contributed by atoms with Gasteiger partial charge in [-0.25, -0.2) is 0 Å². The lowest BCUT2D eigenvalue weighted by molar-refractivity contribution is -0.294. The molecule has 1 heterocycles. The molecule has 2 rings (SSSR count). The third kappa shape index (κ3) is 3.54. The Kier molecular flexibility index (Phi) is 5.19. The van der Waals surface area contributed by atoms with E-state index in [1.807, 2.05) is 31.2 Å². The fraction of sp³-hybridized carbons (Fsp3) is 0.500. The third-order valence-electron chi connectivity index (χ3n) is 4.01. The molecule has 1 unspecified atom stereocenters. The van der Waals surface area contributed by atoms with Crippen LogP contribution < -0.4 is 5.32 Å². The van der Waals surface area contributed by atoms with Crippen molar-refractivity contribution in [3.63, 3.8) is 0 Å². The molecule has 0 amide bonds. The average Bonchev–Trinajstić information content (AvgIpc) is 2.85. The zero-order valence-electron chi connectivity index (χ0n) is 13.7. The monoisotopic (exact) mass is 359 g/mol. The number of hydrogen-bond acceptors (Lipinski definition) is 3. The van der Waals surface area contributed by atoms with Gasteiger partial charge in [-0.2, -0.15) is 23.3 Å². The highest BCUT2D eigenvalue weighted by atomic mass is 32.1. The first kappa shape index (κ1) is 18.7. The molecule has 4 nitrogen and oxygen atoms in total. The Morgan fingerprint density at radius 1 is 1.42 bits per heavy atom. The topological polar surface area (TPSA) is 47.9 Å². The maximum absolute atomic E-state index is 13.4. The molecule has 1 aromatic carbocycles. The van der Waals surface area contributed by atoms with Crippen LogP contribution in [0.5, 0.6) is 0 Å². The standard InChI is InChI=1S/C16H20F3N3OS/c1-10(2)13-8-15(23,16(17,18)19)22(21-13)14(24)20-9-12-7-5-4-6-11(12)3/h4-7,10,23H,8-9H2,1-3H3,(H,20,24). The Morgan fingerprint density at radius 3 is 2.58 bits per heavy atom. The van der Waals surface area contributed by atoms with E-state index in [1.54, 1.807) is 13.8 Å². The van der Waals surface area contributed by atoms with E-state index < -0.39 is 18.3 Å². The predicted molar refractivity (Wildman–Crippen MR) is 90.4 cm³/mol. The second-order valence-corrected chi connectivity index (χ2v) is 6.52. The predicted octanol–water partition coefficient (Wildman–Crippen LogP) is 3.34. The average molecular weight is 359 g/mol. The van der Waals surface area contributed by atoms with E-state index in [-0.39, 0.29) is 23.3 Å². The van der Waals surface area contributed by atoms with E-state index >= 15 is 0 Å². The van der Waals surface area contributed by atoms with Gasteiger partial charge in [0.25, 0.3) is 5.72 Å². The fourth-order valence-electron chi connectivity index (χ4n) is 2.38. The normalized spacial score (nSPS) is 21.2. The van der Waals surface area contributed by atoms with Gasteiger partial charge < -0.3 is 10.4 Å². The van der Waals surface area contributed by atoms with Gasteiger partial charge in [-0.1, -0.05) is 38.1 Å². The van der Waals surface area contributed by atoms with Gasteiger partial charge in [-0.05, 0) is 36.2 Å². The van der Waals surface area contributed by atoms with Crippen LogP contribution in [0.15, 0.2) is 29.4 Å². The van der Waals surface area contributed by atoms with Crippen LogP contribution in [0.1, 0.15) is 31.4 Å². The molecular formula is C16H20F3N3OS. The molecule has 0 aromatic heterocycles. The van der Waals surface area contributed by atoms with Crippen molar-refractivity contribution in [3.05, 3.63) is 35.4 Å². The maximum Gasteiger partial charge on any atom is 0.438 e. The number of nitrogens with zero attached hydrogens (tertiary/aromatic N) is 2. The summed E-state index contributed by atoms with van der Waals surface area (Å²) in [4.78, 5) is 0. The number of thiocarbonyl (C=S) groups is 1. The highest BCUT2D eigenvalue weighted by Crippen LogP contribution is 2.41. The van der Waals surface area contributed by atoms with Crippen LogP contribution in [0.4, 0.5) is 13.2 Å². The number of rotatable bonds is 3. The SMILES string of the molecule is Cc1ccccc1CNC(=S)N1N=C(C(C)C)CC1(O)C(F)(F)F. The lowest BCUT2D eigenvalue weighted by atomic mass is 9.99. The van der Waals surface area contributed by atoms with Gasteiger partial charge >= 0.3 is 6.18 Å². The van der Waals surface area contributed by atoms with E-state index in [4.69, 9.17) is 12.2 Å². The Hall–Kier alpha value is -1.67. The van der Waals surface area contributed by atoms with Crippen molar-refractivity contribution in [2.75, 3.05) is 0 Å². The minimum absolute atomic E-state index is 0.219. The van der Waals surface area contributed by atoms with Crippen molar-refractivity contribution < 1.29 is 18.3 Å². The second-order valence-electron chi connectivity index (χ2n) is 6.13. The Labute approximate surface area is 144 Å². The molecular weight excluding hydrogens is 339 g/mol. The summed E-state index contributed by atoms with van der Waals surface area (Å²) >= 11 is 5.06. The van der Waals surface area contributed by atoms with Gasteiger partial charge in [0.2, 0.25) is 0 Å². The summed E-state index contributed by atoms with van der Waals surface area (Å²) in [5, 5.41) is 17.1. The minimum atomic E-state index is -4.87. The number of hydrazone groups is 1. The molecule has 1 aliphatic rings. The van der Waals surface area contributed by atoms with E-state index in [9.17, 15) is 18.3 Å². The number of alkyl halides is 3. The third-order valence-corrected chi connectivity index (χ3v) is 4.33. The Bertz CT molecular complexity index is 660. The van der Waals surface area contributed by atoms with E-state index in [0.29, 0.717) is 5.01 Å². The molecule has 0 aliphatic carbocycles. The smallest absolute Gasteiger partial charge is 0.362 e. The summed E-state index contributed by atoms with van der Waals surface area (Å²) in [6.07, 6.45) is -5.48. The molecule has 0 radical (unpaired) electrons. The molecule has 0 saturated carbocycles. The molecule has 132 valence electrons. The molecule has 24 heavy (non-hydrogen) atoms. The van der Waals surface area contributed by atoms with E-state index in [0.717, 1.165) is 11.1 Å². The second kappa shape index (κ2) is 6.68. The van der Waals surface area contributed by atoms with Crippen LogP contribution >= 0.6 is 12.2 Å². The summed E-state index contributed by atoms with van der Waals surface area (Å²) in [6.45, 7) is 5.60. The molecule has 1 aromatic rings.